The number of ether oxygens (including phenoxy) is 1. The van der Waals surface area contributed by atoms with Crippen LogP contribution in [0, 0.1) is 17.8 Å². The van der Waals surface area contributed by atoms with Crippen molar-refractivity contribution in [2.24, 2.45) is 5.92 Å². The zero-order valence-electron chi connectivity index (χ0n) is 11.2. The van der Waals surface area contributed by atoms with Gasteiger partial charge in [-0.2, -0.15) is 0 Å². The average molecular weight is 281 g/mol. The van der Waals surface area contributed by atoms with E-state index in [0.29, 0.717) is 19.6 Å². The molecule has 0 saturated carbocycles. The van der Waals surface area contributed by atoms with Gasteiger partial charge in [-0.3, -0.25) is 4.79 Å². The fraction of sp³-hybridized carbons (Fsp3) is 0.500. The molecule has 0 aliphatic heterocycles. The molecular formula is C14H19NO3S. The number of thiophene rings is 1. The summed E-state index contributed by atoms with van der Waals surface area (Å²) in [6.07, 6.45) is 0.469. The monoisotopic (exact) mass is 281 g/mol. The Morgan fingerprint density at radius 3 is 3.11 bits per heavy atom. The molecule has 0 aliphatic carbocycles. The van der Waals surface area contributed by atoms with Gasteiger partial charge < -0.3 is 15.2 Å². The number of amides is 1. The van der Waals surface area contributed by atoms with Crippen molar-refractivity contribution in [1.29, 1.82) is 0 Å². The summed E-state index contributed by atoms with van der Waals surface area (Å²) in [6, 6.07) is 1.92. The molecule has 1 aromatic rings. The van der Waals surface area contributed by atoms with Crippen molar-refractivity contribution < 1.29 is 14.6 Å². The maximum Gasteiger partial charge on any atom is 0.220 e. The highest BCUT2D eigenvalue weighted by Crippen LogP contribution is 2.13. The number of nitrogens with one attached hydrogen (secondary N) is 1. The van der Waals surface area contributed by atoms with Crippen molar-refractivity contribution >= 4 is 17.2 Å². The van der Waals surface area contributed by atoms with Gasteiger partial charge in [0.2, 0.25) is 5.91 Å². The van der Waals surface area contributed by atoms with Gasteiger partial charge in [0, 0.05) is 36.0 Å². The first-order valence-electron chi connectivity index (χ1n) is 6.08. The van der Waals surface area contributed by atoms with Gasteiger partial charge in [0.1, 0.15) is 6.61 Å². The number of carbonyl (C=O) groups is 1. The first-order chi connectivity index (χ1) is 9.15. The van der Waals surface area contributed by atoms with E-state index in [2.05, 4.69) is 17.2 Å². The van der Waals surface area contributed by atoms with E-state index in [9.17, 15) is 4.79 Å². The molecule has 2 N–H and O–H groups in total. The van der Waals surface area contributed by atoms with Gasteiger partial charge in [-0.25, -0.2) is 0 Å². The third kappa shape index (κ3) is 6.39. The van der Waals surface area contributed by atoms with Gasteiger partial charge in [0.25, 0.3) is 0 Å². The van der Waals surface area contributed by atoms with Crippen molar-refractivity contribution in [3.63, 3.8) is 0 Å². The van der Waals surface area contributed by atoms with Crippen molar-refractivity contribution in [2.75, 3.05) is 20.3 Å². The van der Waals surface area contributed by atoms with Crippen LogP contribution in [0.4, 0.5) is 0 Å². The van der Waals surface area contributed by atoms with E-state index in [-0.39, 0.29) is 18.4 Å². The van der Waals surface area contributed by atoms with Crippen LogP contribution in [-0.2, 0) is 16.1 Å². The molecule has 1 amide bonds. The predicted molar refractivity (Wildman–Crippen MR) is 75.8 cm³/mol. The third-order valence-electron chi connectivity index (χ3n) is 2.41. The third-order valence-corrected chi connectivity index (χ3v) is 3.35. The van der Waals surface area contributed by atoms with Crippen LogP contribution in [0.2, 0.25) is 0 Å². The quantitative estimate of drug-likeness (QED) is 0.775. The van der Waals surface area contributed by atoms with Gasteiger partial charge in [-0.1, -0.05) is 18.8 Å². The summed E-state index contributed by atoms with van der Waals surface area (Å²) in [5, 5.41) is 13.4. The maximum atomic E-state index is 11.7. The Morgan fingerprint density at radius 1 is 1.63 bits per heavy atom. The molecule has 0 fully saturated rings. The number of aliphatic hydroxyl groups is 1. The predicted octanol–water partition coefficient (Wildman–Crippen LogP) is 1.38. The second kappa shape index (κ2) is 8.70. The standard InChI is InChI=1S/C14H19NO3S/c1-11(9-18-2)6-14(17)15-8-13-7-12(10-19-13)4-3-5-16/h7,10-11,16H,5-6,8-9H2,1-2H3,(H,15,17). The van der Waals surface area contributed by atoms with Crippen molar-refractivity contribution in [2.45, 2.75) is 19.9 Å². The topological polar surface area (TPSA) is 58.6 Å². The van der Waals surface area contributed by atoms with Gasteiger partial charge >= 0.3 is 0 Å². The highest BCUT2D eigenvalue weighted by molar-refractivity contribution is 7.10. The molecule has 1 rings (SSSR count). The largest absolute Gasteiger partial charge is 0.384 e. The summed E-state index contributed by atoms with van der Waals surface area (Å²) in [5.41, 5.74) is 0.871. The molecule has 1 aromatic heterocycles. The number of hydrogen-bond acceptors (Lipinski definition) is 4. The molecule has 1 heterocycles. The first kappa shape index (κ1) is 15.7. The van der Waals surface area contributed by atoms with Crippen LogP contribution in [-0.4, -0.2) is 31.3 Å². The number of aliphatic hydroxyl groups excluding tert-OH is 1. The SMILES string of the molecule is COCC(C)CC(=O)NCc1cc(C#CCO)cs1. The molecule has 0 bridgehead atoms. The van der Waals surface area contributed by atoms with Gasteiger partial charge in [-0.15, -0.1) is 11.3 Å². The molecule has 0 radical (unpaired) electrons. The van der Waals surface area contributed by atoms with Crippen molar-refractivity contribution in [3.05, 3.63) is 21.9 Å². The summed E-state index contributed by atoms with van der Waals surface area (Å²) in [6.45, 7) is 2.95. The Morgan fingerprint density at radius 2 is 2.42 bits per heavy atom. The minimum atomic E-state index is -0.140. The Labute approximate surface area is 117 Å². The molecule has 0 spiro atoms. The lowest BCUT2D eigenvalue weighted by molar-refractivity contribution is -0.122. The molecular weight excluding hydrogens is 262 g/mol. The molecule has 0 aliphatic rings. The summed E-state index contributed by atoms with van der Waals surface area (Å²) in [7, 11) is 1.63. The number of methoxy groups -OCH3 is 1. The molecule has 104 valence electrons. The summed E-state index contributed by atoms with van der Waals surface area (Å²) in [5.74, 6) is 5.68. The van der Waals surface area contributed by atoms with Gasteiger partial charge in [0.15, 0.2) is 0 Å². The number of rotatable bonds is 6. The van der Waals surface area contributed by atoms with Crippen LogP contribution < -0.4 is 5.32 Å². The Balaban J connectivity index is 2.36. The fourth-order valence-electron chi connectivity index (χ4n) is 1.60. The Bertz CT molecular complexity index is 459. The highest BCUT2D eigenvalue weighted by atomic mass is 32.1. The first-order valence-corrected chi connectivity index (χ1v) is 6.96. The van der Waals surface area contributed by atoms with Crippen LogP contribution in [0.1, 0.15) is 23.8 Å². The molecule has 0 saturated heterocycles. The zero-order valence-corrected chi connectivity index (χ0v) is 12.0. The molecule has 1 unspecified atom stereocenters. The summed E-state index contributed by atoms with van der Waals surface area (Å²) in [4.78, 5) is 12.7. The second-order valence-corrected chi connectivity index (χ2v) is 5.30. The van der Waals surface area contributed by atoms with E-state index in [1.807, 2.05) is 18.4 Å². The minimum absolute atomic E-state index is 0.0287. The van der Waals surface area contributed by atoms with Crippen molar-refractivity contribution in [3.8, 4) is 11.8 Å². The van der Waals surface area contributed by atoms with Crippen molar-refractivity contribution in [1.82, 2.24) is 5.32 Å². The summed E-state index contributed by atoms with van der Waals surface area (Å²) < 4.78 is 4.99. The second-order valence-electron chi connectivity index (χ2n) is 4.30. The molecule has 1 atom stereocenters. The lowest BCUT2D eigenvalue weighted by atomic mass is 10.1. The van der Waals surface area contributed by atoms with Crippen LogP contribution in [0.5, 0.6) is 0 Å². The van der Waals surface area contributed by atoms with Crippen LogP contribution in [0.25, 0.3) is 0 Å². The Hall–Kier alpha value is -1.35. The van der Waals surface area contributed by atoms with Gasteiger partial charge in [0.05, 0.1) is 6.54 Å². The fourth-order valence-corrected chi connectivity index (χ4v) is 2.35. The Kier molecular flexibility index (Phi) is 7.19. The molecule has 5 heteroatoms. The zero-order chi connectivity index (χ0) is 14.1. The van der Waals surface area contributed by atoms with Crippen LogP contribution in [0.15, 0.2) is 11.4 Å². The van der Waals surface area contributed by atoms with Crippen LogP contribution >= 0.6 is 11.3 Å². The normalized spacial score (nSPS) is 11.5. The van der Waals surface area contributed by atoms with E-state index in [1.165, 1.54) is 0 Å². The van der Waals surface area contributed by atoms with Crippen LogP contribution in [0.3, 0.4) is 0 Å². The number of carbonyl (C=O) groups excluding carboxylic acids is 1. The van der Waals surface area contributed by atoms with E-state index in [1.54, 1.807) is 18.4 Å². The molecule has 19 heavy (non-hydrogen) atoms. The smallest absolute Gasteiger partial charge is 0.220 e. The maximum absolute atomic E-state index is 11.7. The summed E-state index contributed by atoms with van der Waals surface area (Å²) >= 11 is 1.55. The highest BCUT2D eigenvalue weighted by Gasteiger charge is 2.08. The average Bonchev–Trinajstić information content (AvgIpc) is 2.82. The lowest BCUT2D eigenvalue weighted by Gasteiger charge is -2.09. The van der Waals surface area contributed by atoms with E-state index in [4.69, 9.17) is 9.84 Å². The lowest BCUT2D eigenvalue weighted by Crippen LogP contribution is -2.25. The molecule has 0 aromatic carbocycles. The van der Waals surface area contributed by atoms with E-state index in [0.717, 1.165) is 10.4 Å². The number of hydrogen-bond donors (Lipinski definition) is 2. The van der Waals surface area contributed by atoms with E-state index >= 15 is 0 Å². The minimum Gasteiger partial charge on any atom is -0.384 e. The van der Waals surface area contributed by atoms with E-state index < -0.39 is 0 Å². The molecule has 4 nitrogen and oxygen atoms in total. The van der Waals surface area contributed by atoms with Gasteiger partial charge in [-0.05, 0) is 12.0 Å².